The van der Waals surface area contributed by atoms with Gasteiger partial charge in [0.2, 0.25) is 0 Å². The van der Waals surface area contributed by atoms with Crippen LogP contribution in [0, 0.1) is 0 Å². The van der Waals surface area contributed by atoms with Gasteiger partial charge in [-0.2, -0.15) is 0 Å². The molecule has 0 aliphatic carbocycles. The molecular weight excluding hydrogens is 865 g/mol. The summed E-state index contributed by atoms with van der Waals surface area (Å²) >= 11 is 0. The first-order valence-electron chi connectivity index (χ1n) is 31.7. The van der Waals surface area contributed by atoms with E-state index in [1.165, 1.54) is 263 Å². The van der Waals surface area contributed by atoms with Crippen LogP contribution in [0.1, 0.15) is 361 Å². The molecule has 0 bridgehead atoms. The normalized spacial score (nSPS) is 12.0. The summed E-state index contributed by atoms with van der Waals surface area (Å²) < 4.78 is 16.9. The zero-order valence-corrected chi connectivity index (χ0v) is 47.6. The van der Waals surface area contributed by atoms with Crippen molar-refractivity contribution in [1.29, 1.82) is 0 Å². The highest BCUT2D eigenvalue weighted by Gasteiger charge is 2.19. The Balaban J connectivity index is 4.23. The lowest BCUT2D eigenvalue weighted by molar-refractivity contribution is -0.167. The van der Waals surface area contributed by atoms with Crippen molar-refractivity contribution in [2.45, 2.75) is 367 Å². The maximum absolute atomic E-state index is 12.9. The number of rotatable bonds is 59. The quantitative estimate of drug-likeness (QED) is 0.0261. The Kier molecular flexibility index (Phi) is 58.1. The molecule has 0 saturated carbocycles. The van der Waals surface area contributed by atoms with Crippen molar-refractivity contribution in [3.05, 3.63) is 12.2 Å². The van der Waals surface area contributed by atoms with Crippen molar-refractivity contribution >= 4 is 17.9 Å². The first-order chi connectivity index (χ1) is 34.5. The fourth-order valence-electron chi connectivity index (χ4n) is 9.74. The third-order valence-electron chi connectivity index (χ3n) is 14.5. The van der Waals surface area contributed by atoms with Gasteiger partial charge >= 0.3 is 17.9 Å². The van der Waals surface area contributed by atoms with Gasteiger partial charge in [0.25, 0.3) is 0 Å². The van der Waals surface area contributed by atoms with Gasteiger partial charge in [0, 0.05) is 19.3 Å². The fourth-order valence-corrected chi connectivity index (χ4v) is 9.74. The number of carbonyl (C=O) groups excluding carboxylic acids is 3. The predicted octanol–water partition coefficient (Wildman–Crippen LogP) is 21.3. The Labute approximate surface area is 437 Å². The molecule has 70 heavy (non-hydrogen) atoms. The SMILES string of the molecule is CCCCCCCCCC/C=C\CCCCCCCCCCCCCC(=O)OCC(COC(=O)CCCCCCCCCCCCCC)OC(=O)CCCCCCCCCCCCCCCCCCC. The van der Waals surface area contributed by atoms with Crippen LogP contribution in [-0.4, -0.2) is 37.2 Å². The van der Waals surface area contributed by atoms with E-state index in [-0.39, 0.29) is 31.1 Å². The predicted molar refractivity (Wildman–Crippen MR) is 303 cm³/mol. The number of allylic oxidation sites excluding steroid dienone is 2. The second-order valence-corrected chi connectivity index (χ2v) is 21.7. The van der Waals surface area contributed by atoms with Gasteiger partial charge in [0.1, 0.15) is 13.2 Å². The molecule has 0 saturated heterocycles. The van der Waals surface area contributed by atoms with Crippen LogP contribution in [0.25, 0.3) is 0 Å². The number of hydrogen-bond acceptors (Lipinski definition) is 6. The standard InChI is InChI=1S/C64H122O6/c1-4-7-10-13-16-19-22-25-27-29-30-31-32-33-34-36-37-39-42-45-48-51-54-57-63(66)69-60-61(59-68-62(65)56-53-50-47-44-41-24-21-18-15-12-9-6-3)70-64(67)58-55-52-49-46-43-40-38-35-28-26-23-20-17-14-11-8-5-2/h29-30,61H,4-28,31-60H2,1-3H3/b30-29-. The van der Waals surface area contributed by atoms with Gasteiger partial charge in [-0.3, -0.25) is 14.4 Å². The van der Waals surface area contributed by atoms with Gasteiger partial charge in [-0.05, 0) is 44.9 Å². The van der Waals surface area contributed by atoms with E-state index in [0.29, 0.717) is 19.3 Å². The summed E-state index contributed by atoms with van der Waals surface area (Å²) in [6.45, 7) is 6.71. The van der Waals surface area contributed by atoms with E-state index >= 15 is 0 Å². The minimum absolute atomic E-state index is 0.0636. The number of ether oxygens (including phenoxy) is 3. The lowest BCUT2D eigenvalue weighted by Crippen LogP contribution is -2.30. The van der Waals surface area contributed by atoms with Crippen LogP contribution >= 0.6 is 0 Å². The molecule has 0 aliphatic heterocycles. The molecule has 0 heterocycles. The molecule has 6 heteroatoms. The second kappa shape index (κ2) is 59.7. The maximum Gasteiger partial charge on any atom is 0.306 e. The van der Waals surface area contributed by atoms with Gasteiger partial charge < -0.3 is 14.2 Å². The third kappa shape index (κ3) is 57.1. The molecule has 0 amide bonds. The largest absolute Gasteiger partial charge is 0.462 e. The summed E-state index contributed by atoms with van der Waals surface area (Å²) in [5, 5.41) is 0. The molecule has 0 spiro atoms. The van der Waals surface area contributed by atoms with Gasteiger partial charge in [0.05, 0.1) is 0 Å². The molecule has 6 nitrogen and oxygen atoms in total. The summed E-state index contributed by atoms with van der Waals surface area (Å²) in [7, 11) is 0. The van der Waals surface area contributed by atoms with E-state index in [1.807, 2.05) is 0 Å². The maximum atomic E-state index is 12.9. The summed E-state index contributed by atoms with van der Waals surface area (Å²) in [5.74, 6) is -0.836. The van der Waals surface area contributed by atoms with Crippen LogP contribution < -0.4 is 0 Å². The Bertz CT molecular complexity index is 1090. The zero-order chi connectivity index (χ0) is 50.7. The van der Waals surface area contributed by atoms with Crippen molar-refractivity contribution in [1.82, 2.24) is 0 Å². The van der Waals surface area contributed by atoms with Gasteiger partial charge in [0.15, 0.2) is 6.10 Å². The minimum atomic E-state index is -0.764. The zero-order valence-electron chi connectivity index (χ0n) is 47.6. The van der Waals surface area contributed by atoms with Crippen LogP contribution in [0.5, 0.6) is 0 Å². The number of unbranched alkanes of at least 4 members (excludes halogenated alkanes) is 46. The highest BCUT2D eigenvalue weighted by atomic mass is 16.6. The Morgan fingerprint density at radius 1 is 0.271 bits per heavy atom. The van der Waals surface area contributed by atoms with Crippen LogP contribution in [0.4, 0.5) is 0 Å². The number of carbonyl (C=O) groups is 3. The Morgan fingerprint density at radius 3 is 0.714 bits per heavy atom. The van der Waals surface area contributed by atoms with Crippen molar-refractivity contribution in [3.8, 4) is 0 Å². The molecule has 0 aromatic heterocycles. The average Bonchev–Trinajstić information content (AvgIpc) is 3.36. The molecule has 0 aliphatic rings. The first-order valence-corrected chi connectivity index (χ1v) is 31.7. The van der Waals surface area contributed by atoms with Crippen LogP contribution in [-0.2, 0) is 28.6 Å². The lowest BCUT2D eigenvalue weighted by atomic mass is 10.0. The number of esters is 3. The summed E-state index contributed by atoms with van der Waals surface area (Å²) in [6, 6.07) is 0. The van der Waals surface area contributed by atoms with Gasteiger partial charge in [-0.1, -0.05) is 309 Å². The van der Waals surface area contributed by atoms with E-state index in [4.69, 9.17) is 14.2 Å². The third-order valence-corrected chi connectivity index (χ3v) is 14.5. The van der Waals surface area contributed by atoms with E-state index in [1.54, 1.807) is 0 Å². The highest BCUT2D eigenvalue weighted by Crippen LogP contribution is 2.18. The van der Waals surface area contributed by atoms with Crippen molar-refractivity contribution in [2.75, 3.05) is 13.2 Å². The summed E-state index contributed by atoms with van der Waals surface area (Å²) in [6.07, 6.45) is 69.3. The molecule has 0 aromatic rings. The minimum Gasteiger partial charge on any atom is -0.462 e. The molecule has 0 N–H and O–H groups in total. The molecule has 414 valence electrons. The smallest absolute Gasteiger partial charge is 0.306 e. The van der Waals surface area contributed by atoms with Crippen molar-refractivity contribution < 1.29 is 28.6 Å². The highest BCUT2D eigenvalue weighted by molar-refractivity contribution is 5.71. The molecule has 1 atom stereocenters. The van der Waals surface area contributed by atoms with Crippen molar-refractivity contribution in [3.63, 3.8) is 0 Å². The van der Waals surface area contributed by atoms with Crippen molar-refractivity contribution in [2.24, 2.45) is 0 Å². The summed E-state index contributed by atoms with van der Waals surface area (Å²) in [4.78, 5) is 38.2. The summed E-state index contributed by atoms with van der Waals surface area (Å²) in [5.41, 5.74) is 0. The van der Waals surface area contributed by atoms with E-state index in [9.17, 15) is 14.4 Å². The Morgan fingerprint density at radius 2 is 0.471 bits per heavy atom. The van der Waals surface area contributed by atoms with E-state index in [2.05, 4.69) is 32.9 Å². The van der Waals surface area contributed by atoms with Gasteiger partial charge in [-0.15, -0.1) is 0 Å². The molecule has 1 unspecified atom stereocenters. The monoisotopic (exact) mass is 987 g/mol. The van der Waals surface area contributed by atoms with Crippen LogP contribution in [0.2, 0.25) is 0 Å². The second-order valence-electron chi connectivity index (χ2n) is 21.7. The molecule has 0 fully saturated rings. The topological polar surface area (TPSA) is 78.9 Å². The van der Waals surface area contributed by atoms with Crippen LogP contribution in [0.15, 0.2) is 12.2 Å². The van der Waals surface area contributed by atoms with Crippen LogP contribution in [0.3, 0.4) is 0 Å². The molecule has 0 radical (unpaired) electrons. The molecular formula is C64H122O6. The average molecular weight is 988 g/mol. The lowest BCUT2D eigenvalue weighted by Gasteiger charge is -2.18. The van der Waals surface area contributed by atoms with E-state index in [0.717, 1.165) is 57.8 Å². The van der Waals surface area contributed by atoms with Gasteiger partial charge in [-0.25, -0.2) is 0 Å². The fraction of sp³-hybridized carbons (Fsp3) is 0.922. The van der Waals surface area contributed by atoms with E-state index < -0.39 is 6.10 Å². The first kappa shape index (κ1) is 68.2. The molecule has 0 rings (SSSR count). The molecule has 0 aromatic carbocycles. The number of hydrogen-bond donors (Lipinski definition) is 0. The Hall–Kier alpha value is -1.85.